The average molecular weight is 295 g/mol. The van der Waals surface area contributed by atoms with E-state index in [-0.39, 0.29) is 25.5 Å². The van der Waals surface area contributed by atoms with Gasteiger partial charge in [-0.2, -0.15) is 0 Å². The summed E-state index contributed by atoms with van der Waals surface area (Å²) >= 11 is 0. The van der Waals surface area contributed by atoms with E-state index in [0.717, 1.165) is 11.1 Å². The van der Waals surface area contributed by atoms with Crippen LogP contribution in [0.3, 0.4) is 0 Å². The number of carboxylic acid groups (broad SMARTS) is 1. The topological polar surface area (TPSA) is 84.9 Å². The number of carbonyl (C=O) groups excluding carboxylic acids is 1. The van der Waals surface area contributed by atoms with Gasteiger partial charge in [-0.25, -0.2) is 0 Å². The van der Waals surface area contributed by atoms with Crippen LogP contribution in [-0.2, 0) is 14.3 Å². The summed E-state index contributed by atoms with van der Waals surface area (Å²) in [7, 11) is 1.41. The van der Waals surface area contributed by atoms with Gasteiger partial charge in [-0.3, -0.25) is 9.59 Å². The summed E-state index contributed by atoms with van der Waals surface area (Å²) in [6.45, 7) is 3.87. The van der Waals surface area contributed by atoms with E-state index in [9.17, 15) is 9.59 Å². The number of aliphatic carboxylic acids is 1. The number of methoxy groups -OCH3 is 1. The van der Waals surface area contributed by atoms with Crippen molar-refractivity contribution in [2.45, 2.75) is 26.4 Å². The van der Waals surface area contributed by atoms with Crippen LogP contribution in [0.2, 0.25) is 0 Å². The number of amides is 1. The molecule has 6 heteroatoms. The van der Waals surface area contributed by atoms with Crippen molar-refractivity contribution >= 4 is 11.9 Å². The second-order valence-corrected chi connectivity index (χ2v) is 4.82. The predicted octanol–water partition coefficient (Wildman–Crippen LogP) is 1.29. The maximum atomic E-state index is 11.7. The molecule has 0 bridgehead atoms. The van der Waals surface area contributed by atoms with Crippen LogP contribution in [-0.4, -0.2) is 43.3 Å². The first-order valence-electron chi connectivity index (χ1n) is 6.63. The van der Waals surface area contributed by atoms with Crippen molar-refractivity contribution in [3.05, 3.63) is 29.3 Å². The molecule has 1 amide bonds. The van der Waals surface area contributed by atoms with Crippen LogP contribution in [0, 0.1) is 13.8 Å². The third kappa shape index (κ3) is 6.27. The summed E-state index contributed by atoms with van der Waals surface area (Å²) in [5.41, 5.74) is 2.01. The van der Waals surface area contributed by atoms with Gasteiger partial charge in [0, 0.05) is 13.7 Å². The minimum Gasteiger partial charge on any atom is -0.483 e. The largest absolute Gasteiger partial charge is 0.483 e. The van der Waals surface area contributed by atoms with E-state index in [1.807, 2.05) is 32.0 Å². The molecule has 1 aromatic carbocycles. The lowest BCUT2D eigenvalue weighted by Crippen LogP contribution is -2.37. The number of hydrogen-bond donors (Lipinski definition) is 2. The van der Waals surface area contributed by atoms with Gasteiger partial charge in [0.1, 0.15) is 5.75 Å². The van der Waals surface area contributed by atoms with Gasteiger partial charge >= 0.3 is 5.97 Å². The molecule has 1 rings (SSSR count). The molecule has 0 aliphatic carbocycles. The van der Waals surface area contributed by atoms with E-state index >= 15 is 0 Å². The lowest BCUT2D eigenvalue weighted by atomic mass is 10.1. The Morgan fingerprint density at radius 1 is 1.33 bits per heavy atom. The summed E-state index contributed by atoms with van der Waals surface area (Å²) in [6.07, 6.45) is -0.707. The minimum atomic E-state index is -0.970. The highest BCUT2D eigenvalue weighted by atomic mass is 16.5. The van der Waals surface area contributed by atoms with Gasteiger partial charge < -0.3 is 19.9 Å². The summed E-state index contributed by atoms with van der Waals surface area (Å²) in [6, 6.07) is 5.76. The number of benzene rings is 1. The molecular weight excluding hydrogens is 274 g/mol. The number of carboxylic acids is 1. The Morgan fingerprint density at radius 2 is 2.05 bits per heavy atom. The van der Waals surface area contributed by atoms with Gasteiger partial charge in [-0.05, 0) is 31.0 Å². The fourth-order valence-corrected chi connectivity index (χ4v) is 1.72. The molecule has 0 saturated heterocycles. The zero-order valence-electron chi connectivity index (χ0n) is 12.5. The van der Waals surface area contributed by atoms with Crippen LogP contribution in [0.25, 0.3) is 0 Å². The summed E-state index contributed by atoms with van der Waals surface area (Å²) in [5, 5.41) is 11.3. The minimum absolute atomic E-state index is 0.117. The van der Waals surface area contributed by atoms with Gasteiger partial charge in [0.25, 0.3) is 5.91 Å². The van der Waals surface area contributed by atoms with Crippen LogP contribution in [0.4, 0.5) is 0 Å². The highest BCUT2D eigenvalue weighted by Crippen LogP contribution is 2.18. The standard InChI is InChI=1S/C15H21NO5/c1-10-4-5-11(2)13(6-10)21-9-14(17)16-8-12(20-3)7-15(18)19/h4-6,12H,7-9H2,1-3H3,(H,16,17)(H,18,19). The molecule has 1 unspecified atom stereocenters. The Labute approximate surface area is 124 Å². The fraction of sp³-hybridized carbons (Fsp3) is 0.467. The quantitative estimate of drug-likeness (QED) is 0.755. The Balaban J connectivity index is 2.40. The number of rotatable bonds is 8. The van der Waals surface area contributed by atoms with E-state index in [0.29, 0.717) is 5.75 Å². The Bertz CT molecular complexity index is 501. The average Bonchev–Trinajstić information content (AvgIpc) is 2.44. The molecule has 0 heterocycles. The first-order chi connectivity index (χ1) is 9.92. The predicted molar refractivity (Wildman–Crippen MR) is 77.5 cm³/mol. The molecule has 2 N–H and O–H groups in total. The molecule has 0 aliphatic rings. The molecule has 0 radical (unpaired) electrons. The van der Waals surface area contributed by atoms with Crippen molar-refractivity contribution in [2.24, 2.45) is 0 Å². The molecule has 0 spiro atoms. The van der Waals surface area contributed by atoms with Gasteiger partial charge in [-0.1, -0.05) is 12.1 Å². The van der Waals surface area contributed by atoms with Crippen LogP contribution in [0.5, 0.6) is 5.75 Å². The SMILES string of the molecule is COC(CNC(=O)COc1cc(C)ccc1C)CC(=O)O. The van der Waals surface area contributed by atoms with Crippen molar-refractivity contribution in [1.82, 2.24) is 5.32 Å². The number of ether oxygens (including phenoxy) is 2. The summed E-state index contributed by atoms with van der Waals surface area (Å²) in [5.74, 6) is -0.620. The first-order valence-corrected chi connectivity index (χ1v) is 6.63. The maximum absolute atomic E-state index is 11.7. The van der Waals surface area contributed by atoms with E-state index in [4.69, 9.17) is 14.6 Å². The lowest BCUT2D eigenvalue weighted by molar-refractivity contribution is -0.140. The van der Waals surface area contributed by atoms with Gasteiger partial charge in [-0.15, -0.1) is 0 Å². The number of nitrogens with one attached hydrogen (secondary N) is 1. The third-order valence-electron chi connectivity index (χ3n) is 2.96. The summed E-state index contributed by atoms with van der Waals surface area (Å²) < 4.78 is 10.4. The second kappa shape index (κ2) is 8.26. The smallest absolute Gasteiger partial charge is 0.306 e. The Hall–Kier alpha value is -2.08. The molecule has 0 aliphatic heterocycles. The molecule has 1 aromatic rings. The van der Waals surface area contributed by atoms with Crippen molar-refractivity contribution < 1.29 is 24.2 Å². The zero-order chi connectivity index (χ0) is 15.8. The van der Waals surface area contributed by atoms with Gasteiger partial charge in [0.2, 0.25) is 0 Å². The number of carbonyl (C=O) groups is 2. The van der Waals surface area contributed by atoms with Crippen molar-refractivity contribution in [2.75, 3.05) is 20.3 Å². The van der Waals surface area contributed by atoms with Crippen molar-refractivity contribution in [3.8, 4) is 5.75 Å². The highest BCUT2D eigenvalue weighted by Gasteiger charge is 2.14. The van der Waals surface area contributed by atoms with Crippen molar-refractivity contribution in [1.29, 1.82) is 0 Å². The Morgan fingerprint density at radius 3 is 2.67 bits per heavy atom. The van der Waals surface area contributed by atoms with E-state index in [2.05, 4.69) is 5.32 Å². The summed E-state index contributed by atoms with van der Waals surface area (Å²) in [4.78, 5) is 22.3. The van der Waals surface area contributed by atoms with Crippen molar-refractivity contribution in [3.63, 3.8) is 0 Å². The van der Waals surface area contributed by atoms with Gasteiger partial charge in [0.15, 0.2) is 6.61 Å². The molecule has 0 fully saturated rings. The molecule has 116 valence electrons. The van der Waals surface area contributed by atoms with Gasteiger partial charge in [0.05, 0.1) is 12.5 Å². The second-order valence-electron chi connectivity index (χ2n) is 4.82. The number of hydrogen-bond acceptors (Lipinski definition) is 4. The lowest BCUT2D eigenvalue weighted by Gasteiger charge is -2.14. The van der Waals surface area contributed by atoms with E-state index in [1.165, 1.54) is 7.11 Å². The molecule has 0 aromatic heterocycles. The normalized spacial score (nSPS) is 11.8. The highest BCUT2D eigenvalue weighted by molar-refractivity contribution is 5.77. The molecule has 21 heavy (non-hydrogen) atoms. The van der Waals surface area contributed by atoms with E-state index in [1.54, 1.807) is 0 Å². The first kappa shape index (κ1) is 17.0. The molecule has 1 atom stereocenters. The van der Waals surface area contributed by atoms with Crippen LogP contribution >= 0.6 is 0 Å². The maximum Gasteiger partial charge on any atom is 0.306 e. The fourth-order valence-electron chi connectivity index (χ4n) is 1.72. The van der Waals surface area contributed by atoms with Crippen LogP contribution in [0.1, 0.15) is 17.5 Å². The molecule has 6 nitrogen and oxygen atoms in total. The molecular formula is C15H21NO5. The third-order valence-corrected chi connectivity index (χ3v) is 2.96. The number of aryl methyl sites for hydroxylation is 2. The molecule has 0 saturated carbocycles. The van der Waals surface area contributed by atoms with E-state index < -0.39 is 12.1 Å². The van der Waals surface area contributed by atoms with Crippen LogP contribution < -0.4 is 10.1 Å². The van der Waals surface area contributed by atoms with Crippen LogP contribution in [0.15, 0.2) is 18.2 Å². The Kier molecular flexibility index (Phi) is 6.68. The zero-order valence-corrected chi connectivity index (χ0v) is 12.5. The monoisotopic (exact) mass is 295 g/mol.